The maximum Gasteiger partial charge on any atom is 0.138 e. The zero-order chi connectivity index (χ0) is 21.7. The third-order valence-electron chi connectivity index (χ3n) is 6.19. The van der Waals surface area contributed by atoms with Crippen molar-refractivity contribution in [2.75, 3.05) is 22.9 Å². The maximum atomic E-state index is 10.7. The quantitative estimate of drug-likeness (QED) is 0.414. The molecule has 160 valence electrons. The second-order valence-electron chi connectivity index (χ2n) is 8.05. The SMILES string of the molecule is Nc1nc2cc(CCC3=CC(N4CCc5c(N)ncnc54)[C@H](O)[C@@H]3O)ccc2cc1Br. The average Bonchev–Trinajstić information content (AvgIpc) is 3.30. The Morgan fingerprint density at radius 1 is 1.10 bits per heavy atom. The maximum absolute atomic E-state index is 10.7. The van der Waals surface area contributed by atoms with Crippen molar-refractivity contribution >= 4 is 44.3 Å². The minimum absolute atomic E-state index is 0.337. The van der Waals surface area contributed by atoms with Crippen LogP contribution in [0.25, 0.3) is 10.9 Å². The first-order chi connectivity index (χ1) is 14.9. The van der Waals surface area contributed by atoms with Gasteiger partial charge in [-0.3, -0.25) is 0 Å². The number of nitrogen functional groups attached to an aromatic ring is 2. The average molecular weight is 483 g/mol. The van der Waals surface area contributed by atoms with Crippen molar-refractivity contribution in [1.29, 1.82) is 0 Å². The van der Waals surface area contributed by atoms with Crippen LogP contribution < -0.4 is 16.4 Å². The van der Waals surface area contributed by atoms with Crippen LogP contribution in [0.3, 0.4) is 0 Å². The third kappa shape index (κ3) is 3.52. The molecule has 0 fully saturated rings. The molecule has 0 spiro atoms. The van der Waals surface area contributed by atoms with Crippen molar-refractivity contribution < 1.29 is 10.2 Å². The second-order valence-corrected chi connectivity index (χ2v) is 8.91. The van der Waals surface area contributed by atoms with Crippen molar-refractivity contribution in [2.45, 2.75) is 37.5 Å². The molecule has 1 unspecified atom stereocenters. The molecule has 8 nitrogen and oxygen atoms in total. The van der Waals surface area contributed by atoms with Crippen LogP contribution in [-0.2, 0) is 12.8 Å². The minimum atomic E-state index is -0.910. The number of aromatic nitrogens is 3. The number of halogens is 1. The first kappa shape index (κ1) is 20.2. The van der Waals surface area contributed by atoms with Crippen LogP contribution in [0.4, 0.5) is 17.5 Å². The zero-order valence-corrected chi connectivity index (χ0v) is 18.3. The first-order valence-corrected chi connectivity index (χ1v) is 11.0. The molecule has 0 bridgehead atoms. The summed E-state index contributed by atoms with van der Waals surface area (Å²) in [6.45, 7) is 0.684. The summed E-state index contributed by atoms with van der Waals surface area (Å²) in [7, 11) is 0. The number of fused-ring (bicyclic) bond motifs is 2. The Morgan fingerprint density at radius 2 is 1.94 bits per heavy atom. The van der Waals surface area contributed by atoms with Gasteiger partial charge in [-0.15, -0.1) is 0 Å². The normalized spacial score (nSPS) is 22.7. The predicted octanol–water partition coefficient (Wildman–Crippen LogP) is 1.98. The lowest BCUT2D eigenvalue weighted by atomic mass is 10.0. The van der Waals surface area contributed by atoms with Gasteiger partial charge in [0.25, 0.3) is 0 Å². The Morgan fingerprint density at radius 3 is 2.77 bits per heavy atom. The van der Waals surface area contributed by atoms with Gasteiger partial charge in [0.05, 0.1) is 16.0 Å². The zero-order valence-electron chi connectivity index (χ0n) is 16.7. The van der Waals surface area contributed by atoms with E-state index in [1.807, 2.05) is 29.2 Å². The van der Waals surface area contributed by atoms with Crippen molar-refractivity contribution in [3.05, 3.63) is 57.8 Å². The van der Waals surface area contributed by atoms with Crippen LogP contribution in [0.1, 0.15) is 17.5 Å². The standard InChI is InChI=1S/C22H23BrN6O2/c23-15-8-12-3-1-11(7-16(12)28-21(15)25)2-4-13-9-17(19(31)18(13)30)29-6-5-14-20(24)26-10-27-22(14)29/h1,3,7-10,17-19,30-31H,2,4-6H2,(H2,25,28)(H2,24,26,27)/t17?,18-,19+/m1/s1. The molecule has 2 aliphatic rings. The van der Waals surface area contributed by atoms with Crippen molar-refractivity contribution in [2.24, 2.45) is 0 Å². The molecule has 0 amide bonds. The molecule has 3 aromatic rings. The summed E-state index contributed by atoms with van der Waals surface area (Å²) in [6.07, 6.45) is 3.69. The molecule has 3 atom stereocenters. The van der Waals surface area contributed by atoms with E-state index in [9.17, 15) is 10.2 Å². The Balaban J connectivity index is 1.35. The summed E-state index contributed by atoms with van der Waals surface area (Å²) in [5.41, 5.74) is 15.5. The Kier molecular flexibility index (Phi) is 5.04. The van der Waals surface area contributed by atoms with E-state index in [0.717, 1.165) is 50.7 Å². The largest absolute Gasteiger partial charge is 0.388 e. The summed E-state index contributed by atoms with van der Waals surface area (Å²) in [5, 5.41) is 22.4. The molecule has 9 heteroatoms. The number of hydrogen-bond donors (Lipinski definition) is 4. The first-order valence-electron chi connectivity index (χ1n) is 10.2. The van der Waals surface area contributed by atoms with Crippen molar-refractivity contribution in [1.82, 2.24) is 15.0 Å². The molecule has 3 heterocycles. The van der Waals surface area contributed by atoms with E-state index in [1.54, 1.807) is 0 Å². The number of nitrogens with zero attached hydrogens (tertiary/aromatic N) is 4. The lowest BCUT2D eigenvalue weighted by molar-refractivity contribution is 0.0436. The van der Waals surface area contributed by atoms with Gasteiger partial charge in [-0.25, -0.2) is 15.0 Å². The van der Waals surface area contributed by atoms with Gasteiger partial charge in [0.1, 0.15) is 36.0 Å². The number of pyridine rings is 1. The number of rotatable bonds is 4. The highest BCUT2D eigenvalue weighted by Crippen LogP contribution is 2.36. The monoisotopic (exact) mass is 482 g/mol. The predicted molar refractivity (Wildman–Crippen MR) is 124 cm³/mol. The molecule has 0 saturated carbocycles. The van der Waals surface area contributed by atoms with E-state index in [-0.39, 0.29) is 6.04 Å². The van der Waals surface area contributed by atoms with E-state index in [0.29, 0.717) is 24.6 Å². The van der Waals surface area contributed by atoms with E-state index in [4.69, 9.17) is 11.5 Å². The summed E-state index contributed by atoms with van der Waals surface area (Å²) < 4.78 is 0.780. The number of aliphatic hydroxyl groups excluding tert-OH is 2. The molecule has 1 aromatic carbocycles. The van der Waals surface area contributed by atoms with Crippen molar-refractivity contribution in [3.8, 4) is 0 Å². The highest BCUT2D eigenvalue weighted by molar-refractivity contribution is 9.10. The molecular weight excluding hydrogens is 460 g/mol. The summed E-state index contributed by atoms with van der Waals surface area (Å²) in [6, 6.07) is 7.71. The molecule has 5 rings (SSSR count). The number of hydrogen-bond acceptors (Lipinski definition) is 8. The van der Waals surface area contributed by atoms with Crippen LogP contribution in [0.2, 0.25) is 0 Å². The number of anilines is 3. The minimum Gasteiger partial charge on any atom is -0.388 e. The van der Waals surface area contributed by atoms with Gasteiger partial charge in [0.15, 0.2) is 0 Å². The molecule has 0 saturated heterocycles. The van der Waals surface area contributed by atoms with Gasteiger partial charge >= 0.3 is 0 Å². The van der Waals surface area contributed by atoms with Gasteiger partial charge in [0, 0.05) is 17.5 Å². The van der Waals surface area contributed by atoms with Gasteiger partial charge < -0.3 is 26.6 Å². The topological polar surface area (TPSA) is 134 Å². The van der Waals surface area contributed by atoms with E-state index >= 15 is 0 Å². The highest BCUT2D eigenvalue weighted by atomic mass is 79.9. The van der Waals surface area contributed by atoms with E-state index in [1.165, 1.54) is 6.33 Å². The molecule has 1 aliphatic heterocycles. The second kappa shape index (κ2) is 7.74. The molecule has 6 N–H and O–H groups in total. The summed E-state index contributed by atoms with van der Waals surface area (Å²) in [5.74, 6) is 1.67. The van der Waals surface area contributed by atoms with Gasteiger partial charge in [-0.05, 0) is 58.5 Å². The molecule has 31 heavy (non-hydrogen) atoms. The van der Waals surface area contributed by atoms with Crippen LogP contribution >= 0.6 is 15.9 Å². The Bertz CT molecular complexity index is 1200. The third-order valence-corrected chi connectivity index (χ3v) is 6.83. The lowest BCUT2D eigenvalue weighted by Crippen LogP contribution is -2.43. The summed E-state index contributed by atoms with van der Waals surface area (Å²) in [4.78, 5) is 14.9. The smallest absolute Gasteiger partial charge is 0.138 e. The fourth-order valence-corrected chi connectivity index (χ4v) is 4.84. The van der Waals surface area contributed by atoms with Gasteiger partial charge in [-0.2, -0.15) is 0 Å². The van der Waals surface area contributed by atoms with Crippen molar-refractivity contribution in [3.63, 3.8) is 0 Å². The number of benzene rings is 1. The van der Waals surface area contributed by atoms with Crippen LogP contribution in [0.15, 0.2) is 46.7 Å². The molecule has 2 aromatic heterocycles. The lowest BCUT2D eigenvalue weighted by Gasteiger charge is -2.28. The van der Waals surface area contributed by atoms with Gasteiger partial charge in [0.2, 0.25) is 0 Å². The molecule has 0 radical (unpaired) electrons. The molecule has 1 aliphatic carbocycles. The Labute approximate surface area is 187 Å². The fraction of sp³-hybridized carbons (Fsp3) is 0.318. The van der Waals surface area contributed by atoms with Gasteiger partial charge in [-0.1, -0.05) is 18.2 Å². The highest BCUT2D eigenvalue weighted by Gasteiger charge is 2.40. The van der Waals surface area contributed by atoms with Crippen LogP contribution in [0.5, 0.6) is 0 Å². The number of aryl methyl sites for hydroxylation is 1. The van der Waals surface area contributed by atoms with Crippen LogP contribution in [-0.4, -0.2) is 50.0 Å². The molecular formula is C22H23BrN6O2. The Hall–Kier alpha value is -2.75. The number of nitrogens with two attached hydrogens (primary N) is 2. The summed E-state index contributed by atoms with van der Waals surface area (Å²) >= 11 is 3.40. The number of aliphatic hydroxyl groups is 2. The fourth-order valence-electron chi connectivity index (χ4n) is 4.51. The van der Waals surface area contributed by atoms with E-state index in [2.05, 4.69) is 36.9 Å². The van der Waals surface area contributed by atoms with E-state index < -0.39 is 12.2 Å². The van der Waals surface area contributed by atoms with Crippen LogP contribution in [0, 0.1) is 0 Å².